The molecule has 1 atom stereocenters. The lowest BCUT2D eigenvalue weighted by Gasteiger charge is -2.14. The molecule has 1 unspecified atom stereocenters. The van der Waals surface area contributed by atoms with E-state index in [1.807, 2.05) is 49.4 Å². The third kappa shape index (κ3) is 1.98. The van der Waals surface area contributed by atoms with Crippen LogP contribution in [-0.4, -0.2) is 6.09 Å². The highest BCUT2D eigenvalue weighted by molar-refractivity contribution is 5.86. The van der Waals surface area contributed by atoms with Gasteiger partial charge in [-0.2, -0.15) is 0 Å². The number of nitrogens with two attached hydrogens (primary N) is 1. The zero-order valence-electron chi connectivity index (χ0n) is 9.01. The van der Waals surface area contributed by atoms with Gasteiger partial charge in [-0.15, -0.1) is 0 Å². The Kier molecular flexibility index (Phi) is 2.77. The Morgan fingerprint density at radius 2 is 1.88 bits per heavy atom. The van der Waals surface area contributed by atoms with Gasteiger partial charge in [-0.1, -0.05) is 42.5 Å². The zero-order chi connectivity index (χ0) is 11.5. The predicted octanol–water partition coefficient (Wildman–Crippen LogP) is 3.00. The molecule has 3 heteroatoms. The number of primary amides is 1. The van der Waals surface area contributed by atoms with Crippen molar-refractivity contribution in [3.8, 4) is 0 Å². The van der Waals surface area contributed by atoms with Crippen LogP contribution in [0.1, 0.15) is 18.6 Å². The lowest BCUT2D eigenvalue weighted by Crippen LogP contribution is -2.15. The molecular formula is C13H13NO2. The summed E-state index contributed by atoms with van der Waals surface area (Å²) in [6.45, 7) is 1.81. The minimum absolute atomic E-state index is 0.330. The van der Waals surface area contributed by atoms with Gasteiger partial charge in [0.15, 0.2) is 0 Å². The van der Waals surface area contributed by atoms with Gasteiger partial charge in [-0.25, -0.2) is 4.79 Å². The van der Waals surface area contributed by atoms with E-state index in [0.29, 0.717) is 0 Å². The van der Waals surface area contributed by atoms with Crippen LogP contribution in [0, 0.1) is 0 Å². The number of carbonyl (C=O) groups is 1. The highest BCUT2D eigenvalue weighted by Crippen LogP contribution is 2.25. The summed E-state index contributed by atoms with van der Waals surface area (Å²) in [6.07, 6.45) is -1.08. The van der Waals surface area contributed by atoms with Gasteiger partial charge in [0, 0.05) is 5.56 Å². The molecule has 0 heterocycles. The standard InChI is InChI=1S/C13H13NO2/c1-9(16-13(14)15)11-8-4-6-10-5-2-3-7-12(10)11/h2-9H,1H3,(H2,14,15). The largest absolute Gasteiger partial charge is 0.442 e. The first-order valence-corrected chi connectivity index (χ1v) is 5.12. The first-order chi connectivity index (χ1) is 7.68. The van der Waals surface area contributed by atoms with E-state index >= 15 is 0 Å². The highest BCUT2D eigenvalue weighted by atomic mass is 16.6. The van der Waals surface area contributed by atoms with Gasteiger partial charge >= 0.3 is 6.09 Å². The fraction of sp³-hybridized carbons (Fsp3) is 0.154. The van der Waals surface area contributed by atoms with Crippen molar-refractivity contribution in [2.24, 2.45) is 5.73 Å². The van der Waals surface area contributed by atoms with Crippen molar-refractivity contribution in [3.63, 3.8) is 0 Å². The Morgan fingerprint density at radius 1 is 1.19 bits per heavy atom. The van der Waals surface area contributed by atoms with E-state index in [4.69, 9.17) is 10.5 Å². The topological polar surface area (TPSA) is 52.3 Å². The molecule has 0 aromatic heterocycles. The second kappa shape index (κ2) is 4.23. The maximum Gasteiger partial charge on any atom is 0.405 e. The van der Waals surface area contributed by atoms with Crippen LogP contribution in [0.3, 0.4) is 0 Å². The molecule has 0 aliphatic carbocycles. The quantitative estimate of drug-likeness (QED) is 0.837. The molecule has 16 heavy (non-hydrogen) atoms. The molecule has 0 spiro atoms. The van der Waals surface area contributed by atoms with E-state index in [2.05, 4.69) is 0 Å². The molecule has 3 nitrogen and oxygen atoms in total. The summed E-state index contributed by atoms with van der Waals surface area (Å²) in [4.78, 5) is 10.7. The Hall–Kier alpha value is -2.03. The summed E-state index contributed by atoms with van der Waals surface area (Å²) in [6, 6.07) is 13.9. The number of ether oxygens (including phenoxy) is 1. The summed E-state index contributed by atoms with van der Waals surface area (Å²) in [5, 5.41) is 2.21. The van der Waals surface area contributed by atoms with Gasteiger partial charge in [0.25, 0.3) is 0 Å². The van der Waals surface area contributed by atoms with Crippen molar-refractivity contribution in [2.45, 2.75) is 13.0 Å². The molecule has 2 rings (SSSR count). The Balaban J connectivity index is 2.47. The van der Waals surface area contributed by atoms with Crippen LogP contribution in [0.5, 0.6) is 0 Å². The third-order valence-electron chi connectivity index (χ3n) is 2.55. The smallest absolute Gasteiger partial charge is 0.405 e. The van der Waals surface area contributed by atoms with E-state index in [-0.39, 0.29) is 6.10 Å². The summed E-state index contributed by atoms with van der Waals surface area (Å²) in [7, 11) is 0. The molecule has 2 aromatic rings. The second-order valence-corrected chi connectivity index (χ2v) is 3.65. The SMILES string of the molecule is CC(OC(N)=O)c1cccc2ccccc12. The summed E-state index contributed by atoms with van der Waals surface area (Å²) in [5.74, 6) is 0. The highest BCUT2D eigenvalue weighted by Gasteiger charge is 2.11. The van der Waals surface area contributed by atoms with Crippen LogP contribution in [0.15, 0.2) is 42.5 Å². The van der Waals surface area contributed by atoms with Gasteiger partial charge in [-0.3, -0.25) is 0 Å². The van der Waals surface area contributed by atoms with Gasteiger partial charge < -0.3 is 10.5 Å². The van der Waals surface area contributed by atoms with Crippen LogP contribution in [-0.2, 0) is 4.74 Å². The Morgan fingerprint density at radius 3 is 2.62 bits per heavy atom. The average molecular weight is 215 g/mol. The molecule has 0 aliphatic rings. The maximum atomic E-state index is 10.7. The van der Waals surface area contributed by atoms with Gasteiger partial charge in [0.2, 0.25) is 0 Å². The zero-order valence-corrected chi connectivity index (χ0v) is 9.01. The monoisotopic (exact) mass is 215 g/mol. The molecule has 1 amide bonds. The van der Waals surface area contributed by atoms with Crippen LogP contribution < -0.4 is 5.73 Å². The van der Waals surface area contributed by atoms with Crippen LogP contribution >= 0.6 is 0 Å². The summed E-state index contributed by atoms with van der Waals surface area (Å²) < 4.78 is 4.98. The molecule has 2 N–H and O–H groups in total. The molecule has 0 fully saturated rings. The minimum Gasteiger partial charge on any atom is -0.442 e. The van der Waals surface area contributed by atoms with Gasteiger partial charge in [0.1, 0.15) is 6.10 Å². The molecule has 2 aromatic carbocycles. The third-order valence-corrected chi connectivity index (χ3v) is 2.55. The van der Waals surface area contributed by atoms with E-state index in [0.717, 1.165) is 16.3 Å². The van der Waals surface area contributed by atoms with Crippen molar-refractivity contribution in [1.29, 1.82) is 0 Å². The van der Waals surface area contributed by atoms with Crippen LogP contribution in [0.2, 0.25) is 0 Å². The summed E-state index contributed by atoms with van der Waals surface area (Å²) in [5.41, 5.74) is 5.98. The van der Waals surface area contributed by atoms with Crippen LogP contribution in [0.4, 0.5) is 4.79 Å². The molecule has 0 saturated heterocycles. The molecular weight excluding hydrogens is 202 g/mol. The van der Waals surface area contributed by atoms with Crippen LogP contribution in [0.25, 0.3) is 10.8 Å². The van der Waals surface area contributed by atoms with E-state index in [1.54, 1.807) is 0 Å². The molecule has 82 valence electrons. The van der Waals surface area contributed by atoms with Gasteiger partial charge in [-0.05, 0) is 17.7 Å². The van der Waals surface area contributed by atoms with Crippen molar-refractivity contribution in [1.82, 2.24) is 0 Å². The number of hydrogen-bond donors (Lipinski definition) is 1. The second-order valence-electron chi connectivity index (χ2n) is 3.65. The predicted molar refractivity (Wildman–Crippen MR) is 63.0 cm³/mol. The molecule has 0 bridgehead atoms. The van der Waals surface area contributed by atoms with E-state index < -0.39 is 6.09 Å². The minimum atomic E-state index is -0.750. The molecule has 0 aliphatic heterocycles. The lowest BCUT2D eigenvalue weighted by molar-refractivity contribution is 0.117. The first kappa shape index (κ1) is 10.5. The van der Waals surface area contributed by atoms with Gasteiger partial charge in [0.05, 0.1) is 0 Å². The number of amides is 1. The number of fused-ring (bicyclic) bond motifs is 1. The van der Waals surface area contributed by atoms with Crippen molar-refractivity contribution < 1.29 is 9.53 Å². The fourth-order valence-corrected chi connectivity index (χ4v) is 1.84. The first-order valence-electron chi connectivity index (χ1n) is 5.12. The molecule has 0 saturated carbocycles. The normalized spacial score (nSPS) is 12.3. The number of hydrogen-bond acceptors (Lipinski definition) is 2. The maximum absolute atomic E-state index is 10.7. The van der Waals surface area contributed by atoms with Crippen molar-refractivity contribution >= 4 is 16.9 Å². The average Bonchev–Trinajstić information content (AvgIpc) is 2.27. The number of benzene rings is 2. The summed E-state index contributed by atoms with van der Waals surface area (Å²) >= 11 is 0. The number of carbonyl (C=O) groups excluding carboxylic acids is 1. The molecule has 0 radical (unpaired) electrons. The van der Waals surface area contributed by atoms with E-state index in [9.17, 15) is 4.79 Å². The number of rotatable bonds is 2. The van der Waals surface area contributed by atoms with Crippen molar-refractivity contribution in [3.05, 3.63) is 48.0 Å². The Labute approximate surface area is 93.8 Å². The van der Waals surface area contributed by atoms with E-state index in [1.165, 1.54) is 0 Å². The fourth-order valence-electron chi connectivity index (χ4n) is 1.84. The lowest BCUT2D eigenvalue weighted by atomic mass is 10.0. The Bertz CT molecular complexity index is 517. The van der Waals surface area contributed by atoms with Crippen molar-refractivity contribution in [2.75, 3.05) is 0 Å².